The summed E-state index contributed by atoms with van der Waals surface area (Å²) in [6.45, 7) is 2.32. The van der Waals surface area contributed by atoms with Crippen molar-refractivity contribution < 1.29 is 18.3 Å². The van der Waals surface area contributed by atoms with Crippen molar-refractivity contribution in [2.24, 2.45) is 13.0 Å². The minimum absolute atomic E-state index is 0.182. The Balaban J connectivity index is 1.93. The molecule has 4 rings (SSSR count). The van der Waals surface area contributed by atoms with Gasteiger partial charge in [0.15, 0.2) is 5.52 Å². The molecule has 1 atom stereocenters. The fourth-order valence-corrected chi connectivity index (χ4v) is 3.78. The fraction of sp³-hybridized carbons (Fsp3) is 0.421. The van der Waals surface area contributed by atoms with Crippen molar-refractivity contribution in [1.82, 2.24) is 19.3 Å². The van der Waals surface area contributed by atoms with Gasteiger partial charge in [0.2, 0.25) is 0 Å². The molecule has 148 valence electrons. The van der Waals surface area contributed by atoms with Gasteiger partial charge >= 0.3 is 6.18 Å². The van der Waals surface area contributed by atoms with Crippen LogP contribution in [0.25, 0.3) is 10.9 Å². The number of nitrogens with zero attached hydrogens (tertiary/aromatic N) is 4. The van der Waals surface area contributed by atoms with Crippen LogP contribution in [0.1, 0.15) is 36.7 Å². The van der Waals surface area contributed by atoms with E-state index < -0.39 is 17.5 Å². The van der Waals surface area contributed by atoms with Gasteiger partial charge in [-0.05, 0) is 37.8 Å². The third kappa shape index (κ3) is 2.72. The second-order valence-corrected chi connectivity index (χ2v) is 7.11. The van der Waals surface area contributed by atoms with Crippen LogP contribution in [0.5, 0.6) is 0 Å². The number of hydrogen-bond acceptors (Lipinski definition) is 4. The van der Waals surface area contributed by atoms with Crippen molar-refractivity contribution >= 4 is 10.9 Å². The zero-order valence-corrected chi connectivity index (χ0v) is 15.4. The van der Waals surface area contributed by atoms with E-state index in [4.69, 9.17) is 0 Å². The molecule has 0 saturated heterocycles. The maximum absolute atomic E-state index is 12.9. The zero-order valence-electron chi connectivity index (χ0n) is 15.4. The predicted octanol–water partition coefficient (Wildman–Crippen LogP) is 2.81. The number of rotatable bonds is 4. The van der Waals surface area contributed by atoms with E-state index in [1.54, 1.807) is 19.3 Å². The number of aliphatic hydroxyl groups is 1. The minimum atomic E-state index is -4.55. The Morgan fingerprint density at radius 2 is 1.96 bits per heavy atom. The largest absolute Gasteiger partial charge is 0.433 e. The lowest BCUT2D eigenvalue weighted by Crippen LogP contribution is -2.33. The molecule has 1 N–H and O–H groups in total. The fourth-order valence-electron chi connectivity index (χ4n) is 3.78. The van der Waals surface area contributed by atoms with Gasteiger partial charge in [0.25, 0.3) is 5.56 Å². The minimum Gasteiger partial charge on any atom is -0.378 e. The lowest BCUT2D eigenvalue weighted by Gasteiger charge is -2.29. The topological polar surface area (TPSA) is 72.9 Å². The third-order valence-electron chi connectivity index (χ3n) is 5.33. The quantitative estimate of drug-likeness (QED) is 0.741. The van der Waals surface area contributed by atoms with Crippen molar-refractivity contribution in [3.63, 3.8) is 0 Å². The highest BCUT2D eigenvalue weighted by atomic mass is 19.4. The molecule has 1 aliphatic carbocycles. The van der Waals surface area contributed by atoms with Crippen LogP contribution in [0.2, 0.25) is 0 Å². The van der Waals surface area contributed by atoms with Crippen LogP contribution >= 0.6 is 0 Å². The summed E-state index contributed by atoms with van der Waals surface area (Å²) < 4.78 is 41.6. The van der Waals surface area contributed by atoms with Gasteiger partial charge in [0, 0.05) is 36.9 Å². The van der Waals surface area contributed by atoms with Crippen LogP contribution in [0.4, 0.5) is 13.2 Å². The van der Waals surface area contributed by atoms with Gasteiger partial charge in [-0.15, -0.1) is 0 Å². The van der Waals surface area contributed by atoms with E-state index in [1.165, 1.54) is 15.3 Å². The van der Waals surface area contributed by atoms with E-state index in [9.17, 15) is 23.1 Å². The monoisotopic (exact) mass is 392 g/mol. The molecule has 0 aliphatic heterocycles. The number of aryl methyl sites for hydroxylation is 2. The predicted molar refractivity (Wildman–Crippen MR) is 95.6 cm³/mol. The van der Waals surface area contributed by atoms with Gasteiger partial charge in [-0.1, -0.05) is 6.07 Å². The number of aromatic nitrogens is 4. The van der Waals surface area contributed by atoms with Crippen LogP contribution in [-0.2, 0) is 25.4 Å². The molecule has 3 aromatic heterocycles. The highest BCUT2D eigenvalue weighted by Gasteiger charge is 2.50. The van der Waals surface area contributed by atoms with Crippen molar-refractivity contribution in [2.45, 2.75) is 38.1 Å². The molecule has 0 bridgehead atoms. The molecule has 0 radical (unpaired) electrons. The van der Waals surface area contributed by atoms with Gasteiger partial charge in [-0.2, -0.15) is 18.3 Å². The smallest absolute Gasteiger partial charge is 0.378 e. The molecule has 1 fully saturated rings. The summed E-state index contributed by atoms with van der Waals surface area (Å²) in [6, 6.07) is 3.83. The lowest BCUT2D eigenvalue weighted by atomic mass is 9.85. The molecule has 3 heterocycles. The first-order valence-corrected chi connectivity index (χ1v) is 9.00. The Bertz CT molecular complexity index is 1100. The second kappa shape index (κ2) is 6.16. The van der Waals surface area contributed by atoms with Gasteiger partial charge < -0.3 is 9.67 Å². The number of fused-ring (bicyclic) bond motifs is 1. The Morgan fingerprint density at radius 1 is 1.25 bits per heavy atom. The summed E-state index contributed by atoms with van der Waals surface area (Å²) in [5, 5.41) is 16.5. The maximum atomic E-state index is 12.9. The molecule has 0 amide bonds. The Labute approximate surface area is 158 Å². The number of pyridine rings is 2. The zero-order chi connectivity index (χ0) is 20.3. The van der Waals surface area contributed by atoms with E-state index in [1.807, 2.05) is 6.92 Å². The van der Waals surface area contributed by atoms with Crippen LogP contribution in [-0.4, -0.2) is 24.4 Å². The molecule has 6 nitrogen and oxygen atoms in total. The normalized spacial score (nSPS) is 17.1. The first-order valence-electron chi connectivity index (χ1n) is 9.00. The summed E-state index contributed by atoms with van der Waals surface area (Å²) in [6.07, 6.45) is -0.422. The van der Waals surface area contributed by atoms with Gasteiger partial charge in [-0.25, -0.2) is 0 Å². The Kier molecular flexibility index (Phi) is 4.11. The first-order chi connectivity index (χ1) is 13.2. The van der Waals surface area contributed by atoms with Crippen molar-refractivity contribution in [3.05, 3.63) is 57.9 Å². The molecule has 3 aromatic rings. The summed E-state index contributed by atoms with van der Waals surface area (Å²) in [5.74, 6) is -0.182. The summed E-state index contributed by atoms with van der Waals surface area (Å²) in [7, 11) is 1.62. The number of hydrogen-bond donors (Lipinski definition) is 1. The van der Waals surface area contributed by atoms with Crippen LogP contribution in [0, 0.1) is 5.92 Å². The molecule has 1 saturated carbocycles. The molecule has 0 spiro atoms. The van der Waals surface area contributed by atoms with Crippen molar-refractivity contribution in [3.8, 4) is 0 Å². The molecule has 9 heteroatoms. The van der Waals surface area contributed by atoms with Crippen LogP contribution in [0.15, 0.2) is 35.4 Å². The average Bonchev–Trinajstić information content (AvgIpc) is 3.44. The van der Waals surface area contributed by atoms with E-state index in [-0.39, 0.29) is 22.6 Å². The standard InChI is InChI=1S/C19H19F3N4O2/c1-3-26-9-8-13-15(17(26)27)24-25(2)16(13)18(28,11-4-5-11)12-6-7-14(23-10-12)19(20,21)22/h6-11,28H,3-5H2,1-2H3/t18-/m0/s1. The molecule has 1 aliphatic rings. The van der Waals surface area contributed by atoms with Gasteiger partial charge in [0.1, 0.15) is 11.3 Å². The van der Waals surface area contributed by atoms with Crippen molar-refractivity contribution in [1.29, 1.82) is 0 Å². The first kappa shape index (κ1) is 18.7. The van der Waals surface area contributed by atoms with Crippen LogP contribution in [0.3, 0.4) is 0 Å². The molecule has 28 heavy (non-hydrogen) atoms. The SMILES string of the molecule is CCn1ccc2c([C@@](O)(c3ccc(C(F)(F)F)nc3)C3CC3)n(C)nc2c1=O. The summed E-state index contributed by atoms with van der Waals surface area (Å²) in [4.78, 5) is 16.1. The molecular weight excluding hydrogens is 373 g/mol. The maximum Gasteiger partial charge on any atom is 0.433 e. The van der Waals surface area contributed by atoms with Gasteiger partial charge in [-0.3, -0.25) is 14.5 Å². The molecule has 0 aromatic carbocycles. The Hall–Kier alpha value is -2.68. The summed E-state index contributed by atoms with van der Waals surface area (Å²) >= 11 is 0. The van der Waals surface area contributed by atoms with E-state index in [0.717, 1.165) is 25.1 Å². The second-order valence-electron chi connectivity index (χ2n) is 7.11. The van der Waals surface area contributed by atoms with E-state index >= 15 is 0 Å². The van der Waals surface area contributed by atoms with Gasteiger partial charge in [0.05, 0.1) is 5.69 Å². The Morgan fingerprint density at radius 3 is 2.50 bits per heavy atom. The van der Waals surface area contributed by atoms with Crippen LogP contribution < -0.4 is 5.56 Å². The average molecular weight is 392 g/mol. The van der Waals surface area contributed by atoms with E-state index in [2.05, 4.69) is 10.1 Å². The summed E-state index contributed by atoms with van der Waals surface area (Å²) in [5.41, 5.74) is -1.99. The van der Waals surface area contributed by atoms with E-state index in [0.29, 0.717) is 17.6 Å². The number of alkyl halides is 3. The molecular formula is C19H19F3N4O2. The third-order valence-corrected chi connectivity index (χ3v) is 5.33. The lowest BCUT2D eigenvalue weighted by molar-refractivity contribution is -0.141. The van der Waals surface area contributed by atoms with Crippen molar-refractivity contribution in [2.75, 3.05) is 0 Å². The number of halogens is 3. The highest BCUT2D eigenvalue weighted by molar-refractivity contribution is 5.82. The molecule has 0 unspecified atom stereocenters. The highest BCUT2D eigenvalue weighted by Crippen LogP contribution is 2.50.